The number of nitrogens with one attached hydrogen (secondary N) is 1. The first-order chi connectivity index (χ1) is 12.5. The Morgan fingerprint density at radius 3 is 2.41 bits per heavy atom. The van der Waals surface area contributed by atoms with Gasteiger partial charge in [0.05, 0.1) is 26.1 Å². The monoisotopic (exact) mass is 392 g/mol. The Hall–Kier alpha value is -2.28. The van der Waals surface area contributed by atoms with Crippen LogP contribution in [0.1, 0.15) is 26.3 Å². The molecule has 0 bridgehead atoms. The third-order valence-corrected chi connectivity index (χ3v) is 6.82. The fourth-order valence-corrected chi connectivity index (χ4v) is 2.53. The van der Waals surface area contributed by atoms with Gasteiger partial charge in [0.2, 0.25) is 0 Å². The van der Waals surface area contributed by atoms with Gasteiger partial charge in [0.25, 0.3) is 0 Å². The van der Waals surface area contributed by atoms with E-state index in [2.05, 4.69) is 25.0 Å². The first-order valence-corrected chi connectivity index (χ1v) is 12.7. The highest BCUT2D eigenvalue weighted by atomic mass is 28.3. The van der Waals surface area contributed by atoms with Gasteiger partial charge in [-0.25, -0.2) is 9.59 Å². The molecular formula is C20H32N2O4Si. The van der Waals surface area contributed by atoms with Gasteiger partial charge < -0.3 is 14.4 Å². The number of rotatable bonds is 7. The number of nitrogens with zero attached hydrogens (tertiary/aromatic N) is 1. The summed E-state index contributed by atoms with van der Waals surface area (Å²) in [4.78, 5) is 26.2. The Morgan fingerprint density at radius 2 is 1.89 bits per heavy atom. The van der Waals surface area contributed by atoms with Crippen LogP contribution < -0.4 is 10.2 Å². The molecule has 0 aliphatic carbocycles. The van der Waals surface area contributed by atoms with Crippen LogP contribution in [0.3, 0.4) is 0 Å². The van der Waals surface area contributed by atoms with Crippen LogP contribution in [-0.4, -0.2) is 46.6 Å². The van der Waals surface area contributed by atoms with Gasteiger partial charge in [-0.2, -0.15) is 0 Å². The van der Waals surface area contributed by atoms with Crippen LogP contribution in [0.15, 0.2) is 23.8 Å². The number of amides is 1. The predicted octanol–water partition coefficient (Wildman–Crippen LogP) is 4.53. The third-order valence-electron chi connectivity index (χ3n) is 4.26. The molecule has 0 aliphatic rings. The van der Waals surface area contributed by atoms with E-state index in [-0.39, 0.29) is 11.7 Å². The molecule has 150 valence electrons. The van der Waals surface area contributed by atoms with Gasteiger partial charge in [0.1, 0.15) is 0 Å². The molecule has 0 radical (unpaired) electrons. The van der Waals surface area contributed by atoms with Gasteiger partial charge in [0, 0.05) is 25.4 Å². The van der Waals surface area contributed by atoms with Gasteiger partial charge in [-0.3, -0.25) is 5.32 Å². The number of benzene rings is 1. The van der Waals surface area contributed by atoms with Gasteiger partial charge in [-0.05, 0) is 44.5 Å². The van der Waals surface area contributed by atoms with Crippen molar-refractivity contribution in [2.24, 2.45) is 0 Å². The molecule has 0 aromatic heterocycles. The number of ether oxygens (including phenoxy) is 2. The minimum Gasteiger partial charge on any atom is -0.463 e. The molecule has 0 spiro atoms. The smallest absolute Gasteiger partial charge is 0.411 e. The van der Waals surface area contributed by atoms with E-state index in [1.807, 2.05) is 44.1 Å². The van der Waals surface area contributed by atoms with E-state index < -0.39 is 14.2 Å². The van der Waals surface area contributed by atoms with Crippen molar-refractivity contribution in [1.82, 2.24) is 0 Å². The number of esters is 1. The Balaban J connectivity index is 3.14. The van der Waals surface area contributed by atoms with Gasteiger partial charge >= 0.3 is 12.1 Å². The molecule has 6 nitrogen and oxygen atoms in total. The Morgan fingerprint density at radius 1 is 1.26 bits per heavy atom. The molecule has 0 heterocycles. The minimum absolute atomic E-state index is 0.116. The van der Waals surface area contributed by atoms with Crippen LogP contribution in [-0.2, 0) is 14.3 Å². The van der Waals surface area contributed by atoms with Gasteiger partial charge in [-0.15, -0.1) is 0 Å². The van der Waals surface area contributed by atoms with Crippen molar-refractivity contribution in [2.75, 3.05) is 30.9 Å². The van der Waals surface area contributed by atoms with Crippen LogP contribution in [0, 0.1) is 0 Å². The summed E-state index contributed by atoms with van der Waals surface area (Å²) in [7, 11) is 2.24. The first kappa shape index (κ1) is 22.8. The summed E-state index contributed by atoms with van der Waals surface area (Å²) in [6, 6.07) is 5.63. The zero-order valence-corrected chi connectivity index (χ0v) is 18.7. The average Bonchev–Trinajstić information content (AvgIpc) is 2.55. The normalized spacial score (nSPS) is 13.0. The van der Waals surface area contributed by atoms with Crippen molar-refractivity contribution in [3.63, 3.8) is 0 Å². The van der Waals surface area contributed by atoms with Crippen molar-refractivity contribution < 1.29 is 19.1 Å². The SMILES string of the molecule is CCOC(=O)C(C)=Cc1ccc(N(C)C)cc1NC(=O)OC(C)[Si](C)(C)C. The maximum absolute atomic E-state index is 12.4. The standard InChI is InChI=1S/C20H32N2O4Si/c1-9-25-19(23)14(2)12-16-10-11-17(22(4)5)13-18(16)21-20(24)26-15(3)27(6,7)8/h10-13,15H,9H2,1-8H3,(H,21,24). The van der Waals surface area contributed by atoms with Crippen molar-refractivity contribution in [2.45, 2.75) is 46.1 Å². The summed E-state index contributed by atoms with van der Waals surface area (Å²) in [5.41, 5.74) is 2.56. The average molecular weight is 393 g/mol. The number of anilines is 2. The molecule has 1 amide bonds. The molecule has 1 rings (SSSR count). The molecule has 0 fully saturated rings. The van der Waals surface area contributed by atoms with E-state index in [0.29, 0.717) is 23.4 Å². The van der Waals surface area contributed by atoms with Crippen LogP contribution in [0.2, 0.25) is 19.6 Å². The highest BCUT2D eigenvalue weighted by Gasteiger charge is 2.26. The molecule has 0 saturated carbocycles. The molecule has 0 aliphatic heterocycles. The fraction of sp³-hybridized carbons (Fsp3) is 0.500. The minimum atomic E-state index is -1.60. The molecule has 1 unspecified atom stereocenters. The van der Waals surface area contributed by atoms with Crippen LogP contribution in [0.5, 0.6) is 0 Å². The lowest BCUT2D eigenvalue weighted by atomic mass is 10.1. The molecule has 1 aromatic carbocycles. The van der Waals surface area contributed by atoms with Crippen molar-refractivity contribution in [1.29, 1.82) is 0 Å². The van der Waals surface area contributed by atoms with Crippen LogP contribution >= 0.6 is 0 Å². The Bertz CT molecular complexity index is 708. The van der Waals surface area contributed by atoms with Crippen LogP contribution in [0.4, 0.5) is 16.2 Å². The second kappa shape index (κ2) is 9.59. The summed E-state index contributed by atoms with van der Waals surface area (Å²) in [5, 5.41) is 2.82. The second-order valence-corrected chi connectivity index (χ2v) is 13.3. The second-order valence-electron chi connectivity index (χ2n) is 7.75. The molecule has 0 saturated heterocycles. The highest BCUT2D eigenvalue weighted by Crippen LogP contribution is 2.26. The van der Waals surface area contributed by atoms with E-state index in [1.165, 1.54) is 0 Å². The van der Waals surface area contributed by atoms with E-state index in [1.54, 1.807) is 19.9 Å². The summed E-state index contributed by atoms with van der Waals surface area (Å²) < 4.78 is 10.6. The molecule has 27 heavy (non-hydrogen) atoms. The topological polar surface area (TPSA) is 67.9 Å². The molecule has 7 heteroatoms. The number of hydrogen-bond acceptors (Lipinski definition) is 5. The quantitative estimate of drug-likeness (QED) is 0.419. The zero-order chi connectivity index (χ0) is 20.8. The largest absolute Gasteiger partial charge is 0.463 e. The van der Waals surface area contributed by atoms with Crippen molar-refractivity contribution in [3.8, 4) is 0 Å². The summed E-state index contributed by atoms with van der Waals surface area (Å²) in [5.74, 6) is -0.380. The lowest BCUT2D eigenvalue weighted by Gasteiger charge is -2.25. The zero-order valence-electron chi connectivity index (χ0n) is 17.7. The fourth-order valence-electron chi connectivity index (χ4n) is 2.07. The van der Waals surface area contributed by atoms with Crippen molar-refractivity contribution in [3.05, 3.63) is 29.3 Å². The lowest BCUT2D eigenvalue weighted by molar-refractivity contribution is -0.138. The lowest BCUT2D eigenvalue weighted by Crippen LogP contribution is -2.40. The van der Waals surface area contributed by atoms with E-state index in [0.717, 1.165) is 5.69 Å². The maximum Gasteiger partial charge on any atom is 0.411 e. The Labute approximate surface area is 163 Å². The number of carbonyl (C=O) groups excluding carboxylic acids is 2. The summed E-state index contributed by atoms with van der Waals surface area (Å²) >= 11 is 0. The summed E-state index contributed by atoms with van der Waals surface area (Å²) in [6.45, 7) is 12.1. The van der Waals surface area contributed by atoms with Gasteiger partial charge in [-0.1, -0.05) is 25.7 Å². The maximum atomic E-state index is 12.4. The van der Waals surface area contributed by atoms with E-state index in [9.17, 15) is 9.59 Å². The number of hydrogen-bond donors (Lipinski definition) is 1. The van der Waals surface area contributed by atoms with Gasteiger partial charge in [0.15, 0.2) is 0 Å². The van der Waals surface area contributed by atoms with E-state index >= 15 is 0 Å². The number of carbonyl (C=O) groups is 2. The third kappa shape index (κ3) is 7.09. The molecule has 1 N–H and O–H groups in total. The van der Waals surface area contributed by atoms with Crippen LogP contribution in [0.25, 0.3) is 6.08 Å². The molecule has 1 aromatic rings. The molecular weight excluding hydrogens is 360 g/mol. The first-order valence-electron chi connectivity index (χ1n) is 9.10. The summed E-state index contributed by atoms with van der Waals surface area (Å²) in [6.07, 6.45) is 1.21. The highest BCUT2D eigenvalue weighted by molar-refractivity contribution is 6.77. The van der Waals surface area contributed by atoms with Crippen molar-refractivity contribution >= 4 is 37.6 Å². The van der Waals surface area contributed by atoms with E-state index in [4.69, 9.17) is 9.47 Å². The Kier molecular flexibility index (Phi) is 8.09. The predicted molar refractivity (Wildman–Crippen MR) is 114 cm³/mol. The molecule has 1 atom stereocenters.